The lowest BCUT2D eigenvalue weighted by molar-refractivity contribution is -0.118. The van der Waals surface area contributed by atoms with Crippen molar-refractivity contribution in [3.05, 3.63) is 24.3 Å². The molecule has 1 aromatic rings. The molecule has 96 valence electrons. The molecule has 1 unspecified atom stereocenters. The van der Waals surface area contributed by atoms with E-state index in [2.05, 4.69) is 12.2 Å². The summed E-state index contributed by atoms with van der Waals surface area (Å²) in [6, 6.07) is 5.95. The number of nitrogen functional groups attached to an aromatic ring is 1. The van der Waals surface area contributed by atoms with E-state index in [0.29, 0.717) is 17.8 Å². The number of nitrogens with one attached hydrogen (secondary N) is 1. The van der Waals surface area contributed by atoms with E-state index in [4.69, 9.17) is 5.73 Å². The van der Waals surface area contributed by atoms with Gasteiger partial charge in [-0.3, -0.25) is 4.79 Å². The highest BCUT2D eigenvalue weighted by Crippen LogP contribution is 2.22. The average Bonchev–Trinajstić information content (AvgIpc) is 2.63. The molecule has 1 heterocycles. The van der Waals surface area contributed by atoms with Crippen molar-refractivity contribution in [1.29, 1.82) is 0 Å². The van der Waals surface area contributed by atoms with E-state index in [1.165, 1.54) is 4.90 Å². The standard InChI is InChI=1S/C13H17N3O2/c1-2-3-4-11-12(17)16(13(18)15-11)10-7-5-9(14)6-8-10/h5-8,11H,2-4,14H2,1H3,(H,15,18). The van der Waals surface area contributed by atoms with Crippen molar-refractivity contribution in [2.24, 2.45) is 0 Å². The molecular formula is C13H17N3O2. The van der Waals surface area contributed by atoms with Gasteiger partial charge in [-0.05, 0) is 30.7 Å². The van der Waals surface area contributed by atoms with Gasteiger partial charge in [-0.25, -0.2) is 9.69 Å². The number of amides is 3. The van der Waals surface area contributed by atoms with E-state index in [0.717, 1.165) is 12.8 Å². The molecule has 2 rings (SSSR count). The predicted molar refractivity (Wildman–Crippen MR) is 70.2 cm³/mol. The zero-order valence-electron chi connectivity index (χ0n) is 10.3. The summed E-state index contributed by atoms with van der Waals surface area (Å²) in [4.78, 5) is 25.1. The molecule has 3 N–H and O–H groups in total. The fraction of sp³-hybridized carbons (Fsp3) is 0.385. The van der Waals surface area contributed by atoms with Gasteiger partial charge >= 0.3 is 6.03 Å². The van der Waals surface area contributed by atoms with Gasteiger partial charge in [0.25, 0.3) is 5.91 Å². The molecule has 0 saturated carbocycles. The number of nitrogens with two attached hydrogens (primary N) is 1. The van der Waals surface area contributed by atoms with Crippen molar-refractivity contribution in [3.8, 4) is 0 Å². The van der Waals surface area contributed by atoms with Gasteiger partial charge in [0.05, 0.1) is 5.69 Å². The normalized spacial score (nSPS) is 19.2. The second kappa shape index (κ2) is 5.08. The van der Waals surface area contributed by atoms with Crippen LogP contribution >= 0.6 is 0 Å². The summed E-state index contributed by atoms with van der Waals surface area (Å²) in [7, 11) is 0. The number of hydrogen-bond acceptors (Lipinski definition) is 3. The van der Waals surface area contributed by atoms with Gasteiger partial charge in [-0.2, -0.15) is 0 Å². The molecule has 5 heteroatoms. The highest BCUT2D eigenvalue weighted by atomic mass is 16.2. The summed E-state index contributed by atoms with van der Waals surface area (Å²) in [6.07, 6.45) is 2.61. The fourth-order valence-corrected chi connectivity index (χ4v) is 2.00. The maximum absolute atomic E-state index is 12.1. The minimum absolute atomic E-state index is 0.182. The predicted octanol–water partition coefficient (Wildman–Crippen LogP) is 1.88. The van der Waals surface area contributed by atoms with E-state index in [-0.39, 0.29) is 11.9 Å². The molecule has 0 aliphatic carbocycles. The third-order valence-electron chi connectivity index (χ3n) is 3.02. The first-order valence-electron chi connectivity index (χ1n) is 6.13. The molecule has 1 aromatic carbocycles. The maximum atomic E-state index is 12.1. The molecule has 0 spiro atoms. The zero-order chi connectivity index (χ0) is 13.1. The quantitative estimate of drug-likeness (QED) is 0.630. The molecular weight excluding hydrogens is 230 g/mol. The first-order valence-corrected chi connectivity index (χ1v) is 6.13. The Labute approximate surface area is 106 Å². The molecule has 1 atom stereocenters. The third-order valence-corrected chi connectivity index (χ3v) is 3.02. The Morgan fingerprint density at radius 3 is 2.56 bits per heavy atom. The van der Waals surface area contributed by atoms with Crippen LogP contribution < -0.4 is 16.0 Å². The Bertz CT molecular complexity index is 456. The van der Waals surface area contributed by atoms with Crippen LogP contribution in [0.15, 0.2) is 24.3 Å². The van der Waals surface area contributed by atoms with E-state index >= 15 is 0 Å². The maximum Gasteiger partial charge on any atom is 0.329 e. The number of urea groups is 1. The Morgan fingerprint density at radius 2 is 1.94 bits per heavy atom. The zero-order valence-corrected chi connectivity index (χ0v) is 10.3. The van der Waals surface area contributed by atoms with Crippen molar-refractivity contribution in [3.63, 3.8) is 0 Å². The van der Waals surface area contributed by atoms with Crippen LogP contribution in [-0.2, 0) is 4.79 Å². The number of imide groups is 1. The van der Waals surface area contributed by atoms with Gasteiger partial charge in [0.15, 0.2) is 0 Å². The topological polar surface area (TPSA) is 75.4 Å². The summed E-state index contributed by atoms with van der Waals surface area (Å²) in [5.74, 6) is -0.182. The number of unbranched alkanes of at least 4 members (excludes halogenated alkanes) is 1. The smallest absolute Gasteiger partial charge is 0.329 e. The Balaban J connectivity index is 2.16. The van der Waals surface area contributed by atoms with Crippen molar-refractivity contribution >= 4 is 23.3 Å². The number of carbonyl (C=O) groups excluding carboxylic acids is 2. The Kier molecular flexibility index (Phi) is 3.50. The molecule has 1 fully saturated rings. The number of hydrogen-bond donors (Lipinski definition) is 2. The van der Waals surface area contributed by atoms with Gasteiger partial charge in [-0.15, -0.1) is 0 Å². The van der Waals surface area contributed by atoms with Crippen LogP contribution in [0.2, 0.25) is 0 Å². The van der Waals surface area contributed by atoms with E-state index < -0.39 is 6.04 Å². The molecule has 1 aliphatic rings. The van der Waals surface area contributed by atoms with Crippen LogP contribution in [0.5, 0.6) is 0 Å². The minimum atomic E-state index is -0.394. The van der Waals surface area contributed by atoms with Crippen LogP contribution in [0.25, 0.3) is 0 Å². The van der Waals surface area contributed by atoms with Crippen molar-refractivity contribution in [2.75, 3.05) is 10.6 Å². The lowest BCUT2D eigenvalue weighted by Crippen LogP contribution is -2.31. The van der Waals surface area contributed by atoms with Crippen LogP contribution in [0.1, 0.15) is 26.2 Å². The van der Waals surface area contributed by atoms with Crippen LogP contribution in [0, 0.1) is 0 Å². The highest BCUT2D eigenvalue weighted by molar-refractivity contribution is 6.21. The molecule has 1 saturated heterocycles. The first-order chi connectivity index (χ1) is 8.63. The van der Waals surface area contributed by atoms with Crippen molar-refractivity contribution < 1.29 is 9.59 Å². The van der Waals surface area contributed by atoms with Crippen molar-refractivity contribution in [1.82, 2.24) is 5.32 Å². The molecule has 5 nitrogen and oxygen atoms in total. The van der Waals surface area contributed by atoms with Crippen LogP contribution in [-0.4, -0.2) is 18.0 Å². The molecule has 0 aromatic heterocycles. The molecule has 1 aliphatic heterocycles. The van der Waals surface area contributed by atoms with Gasteiger partial charge in [0.2, 0.25) is 0 Å². The number of benzene rings is 1. The monoisotopic (exact) mass is 247 g/mol. The number of carbonyl (C=O) groups is 2. The molecule has 0 bridgehead atoms. The van der Waals surface area contributed by atoms with E-state index in [1.807, 2.05) is 0 Å². The summed E-state index contributed by atoms with van der Waals surface area (Å²) in [5, 5.41) is 2.71. The second-order valence-corrected chi connectivity index (χ2v) is 4.41. The molecule has 0 radical (unpaired) electrons. The van der Waals surface area contributed by atoms with Crippen molar-refractivity contribution in [2.45, 2.75) is 32.2 Å². The average molecular weight is 247 g/mol. The summed E-state index contributed by atoms with van der Waals surface area (Å²) >= 11 is 0. The van der Waals surface area contributed by atoms with E-state index in [9.17, 15) is 9.59 Å². The summed E-state index contributed by atoms with van der Waals surface area (Å²) in [5.41, 5.74) is 6.75. The Morgan fingerprint density at radius 1 is 1.28 bits per heavy atom. The highest BCUT2D eigenvalue weighted by Gasteiger charge is 2.38. The number of nitrogens with zero attached hydrogens (tertiary/aromatic N) is 1. The summed E-state index contributed by atoms with van der Waals surface area (Å²) < 4.78 is 0. The van der Waals surface area contributed by atoms with Crippen LogP contribution in [0.3, 0.4) is 0 Å². The van der Waals surface area contributed by atoms with Crippen LogP contribution in [0.4, 0.5) is 16.2 Å². The van der Waals surface area contributed by atoms with Gasteiger partial charge in [-0.1, -0.05) is 19.8 Å². The second-order valence-electron chi connectivity index (χ2n) is 4.41. The van der Waals surface area contributed by atoms with Gasteiger partial charge in [0.1, 0.15) is 6.04 Å². The minimum Gasteiger partial charge on any atom is -0.399 e. The van der Waals surface area contributed by atoms with E-state index in [1.54, 1.807) is 24.3 Å². The number of rotatable bonds is 4. The van der Waals surface area contributed by atoms with Gasteiger partial charge in [0, 0.05) is 5.69 Å². The SMILES string of the molecule is CCCCC1NC(=O)N(c2ccc(N)cc2)C1=O. The Hall–Kier alpha value is -2.04. The first kappa shape index (κ1) is 12.4. The lowest BCUT2D eigenvalue weighted by atomic mass is 10.1. The third kappa shape index (κ3) is 2.30. The molecule has 18 heavy (non-hydrogen) atoms. The largest absolute Gasteiger partial charge is 0.399 e. The number of anilines is 2. The lowest BCUT2D eigenvalue weighted by Gasteiger charge is -2.13. The molecule has 3 amide bonds. The fourth-order valence-electron chi connectivity index (χ4n) is 2.00. The van der Waals surface area contributed by atoms with Gasteiger partial charge < -0.3 is 11.1 Å². The summed E-state index contributed by atoms with van der Waals surface area (Å²) in [6.45, 7) is 2.05.